The molecule has 1 aliphatic rings. The van der Waals surface area contributed by atoms with E-state index in [1.54, 1.807) is 20.1 Å². The van der Waals surface area contributed by atoms with E-state index in [1.165, 1.54) is 6.08 Å². The number of methoxy groups -OCH3 is 1. The summed E-state index contributed by atoms with van der Waals surface area (Å²) in [6.07, 6.45) is 4.90. The summed E-state index contributed by atoms with van der Waals surface area (Å²) in [5.41, 5.74) is 2.00. The third kappa shape index (κ3) is 4.84. The molecule has 0 radical (unpaired) electrons. The number of nitrogens with one attached hydrogen (secondary N) is 1. The molecular formula is C18H24N2O3. The minimum Gasteiger partial charge on any atom is -0.496 e. The Labute approximate surface area is 137 Å². The molecule has 1 saturated heterocycles. The lowest BCUT2D eigenvalue weighted by atomic mass is 10.0. The lowest BCUT2D eigenvalue weighted by molar-refractivity contribution is -0.129. The SMILES string of the molecule is COc1ccc(C)cc1/C=C/C(=O)NC1CCN(C(C)=O)CC1. The van der Waals surface area contributed by atoms with Gasteiger partial charge in [0.05, 0.1) is 7.11 Å². The highest BCUT2D eigenvalue weighted by molar-refractivity contribution is 5.92. The Morgan fingerprint density at radius 2 is 2.00 bits per heavy atom. The molecule has 1 aromatic carbocycles. The molecule has 0 unspecified atom stereocenters. The molecular weight excluding hydrogens is 292 g/mol. The van der Waals surface area contributed by atoms with Gasteiger partial charge in [-0.25, -0.2) is 0 Å². The summed E-state index contributed by atoms with van der Waals surface area (Å²) in [5.74, 6) is 0.727. The normalized spacial score (nSPS) is 15.7. The van der Waals surface area contributed by atoms with Crippen molar-refractivity contribution in [2.75, 3.05) is 20.2 Å². The molecule has 1 N–H and O–H groups in total. The number of rotatable bonds is 4. The highest BCUT2D eigenvalue weighted by Gasteiger charge is 2.21. The number of carbonyl (C=O) groups is 2. The number of benzene rings is 1. The van der Waals surface area contributed by atoms with E-state index in [-0.39, 0.29) is 17.9 Å². The average Bonchev–Trinajstić information content (AvgIpc) is 2.53. The van der Waals surface area contributed by atoms with Gasteiger partial charge in [0.15, 0.2) is 0 Å². The number of nitrogens with zero attached hydrogens (tertiary/aromatic N) is 1. The maximum atomic E-state index is 12.1. The molecule has 2 rings (SSSR count). The summed E-state index contributed by atoms with van der Waals surface area (Å²) < 4.78 is 5.30. The predicted molar refractivity (Wildman–Crippen MR) is 90.2 cm³/mol. The van der Waals surface area contributed by atoms with Gasteiger partial charge in [-0.15, -0.1) is 0 Å². The summed E-state index contributed by atoms with van der Waals surface area (Å²) in [4.78, 5) is 25.2. The van der Waals surface area contributed by atoms with Gasteiger partial charge in [-0.3, -0.25) is 9.59 Å². The second kappa shape index (κ2) is 7.81. The van der Waals surface area contributed by atoms with Crippen LogP contribution >= 0.6 is 0 Å². The molecule has 1 aliphatic heterocycles. The molecule has 5 nitrogen and oxygen atoms in total. The minimum atomic E-state index is -0.116. The van der Waals surface area contributed by atoms with E-state index in [9.17, 15) is 9.59 Å². The smallest absolute Gasteiger partial charge is 0.244 e. The van der Waals surface area contributed by atoms with E-state index in [0.717, 1.165) is 29.7 Å². The molecule has 0 aliphatic carbocycles. The van der Waals surface area contributed by atoms with Crippen LogP contribution in [-0.2, 0) is 9.59 Å². The monoisotopic (exact) mass is 316 g/mol. The average molecular weight is 316 g/mol. The molecule has 1 heterocycles. The maximum absolute atomic E-state index is 12.1. The fourth-order valence-electron chi connectivity index (χ4n) is 2.74. The molecule has 0 saturated carbocycles. The Morgan fingerprint density at radius 3 is 2.61 bits per heavy atom. The third-order valence-corrected chi connectivity index (χ3v) is 4.09. The largest absolute Gasteiger partial charge is 0.496 e. The van der Waals surface area contributed by atoms with Gasteiger partial charge in [0.25, 0.3) is 0 Å². The summed E-state index contributed by atoms with van der Waals surface area (Å²) in [5, 5.41) is 3.00. The molecule has 2 amide bonds. The van der Waals surface area contributed by atoms with E-state index < -0.39 is 0 Å². The summed E-state index contributed by atoms with van der Waals surface area (Å²) in [7, 11) is 1.62. The maximum Gasteiger partial charge on any atom is 0.244 e. The van der Waals surface area contributed by atoms with Crippen LogP contribution in [0.15, 0.2) is 24.3 Å². The fraction of sp³-hybridized carbons (Fsp3) is 0.444. The Kier molecular flexibility index (Phi) is 5.79. The lowest BCUT2D eigenvalue weighted by Gasteiger charge is -2.31. The van der Waals surface area contributed by atoms with Gasteiger partial charge in [-0.05, 0) is 38.0 Å². The summed E-state index contributed by atoms with van der Waals surface area (Å²) >= 11 is 0. The molecule has 0 atom stereocenters. The number of hydrogen-bond acceptors (Lipinski definition) is 3. The fourth-order valence-corrected chi connectivity index (χ4v) is 2.74. The standard InChI is InChI=1S/C18H24N2O3/c1-13-4-6-17(23-3)15(12-13)5-7-18(22)19-16-8-10-20(11-9-16)14(2)21/h4-7,12,16H,8-11H2,1-3H3,(H,19,22)/b7-5+. The summed E-state index contributed by atoms with van der Waals surface area (Å²) in [6, 6.07) is 5.97. The van der Waals surface area contributed by atoms with Gasteiger partial charge in [-0.1, -0.05) is 11.6 Å². The van der Waals surface area contributed by atoms with Gasteiger partial charge < -0.3 is 15.0 Å². The van der Waals surface area contributed by atoms with Crippen molar-refractivity contribution in [3.05, 3.63) is 35.4 Å². The second-order valence-corrected chi connectivity index (χ2v) is 5.87. The first kappa shape index (κ1) is 17.1. The van der Waals surface area contributed by atoms with Crippen LogP contribution in [-0.4, -0.2) is 43.0 Å². The van der Waals surface area contributed by atoms with E-state index in [1.807, 2.05) is 30.0 Å². The molecule has 1 fully saturated rings. The van der Waals surface area contributed by atoms with E-state index in [2.05, 4.69) is 5.32 Å². The molecule has 0 aromatic heterocycles. The number of carbonyl (C=O) groups excluding carboxylic acids is 2. The van der Waals surface area contributed by atoms with Gasteiger partial charge in [0, 0.05) is 37.7 Å². The summed E-state index contributed by atoms with van der Waals surface area (Å²) in [6.45, 7) is 4.99. The zero-order chi connectivity index (χ0) is 16.8. The van der Waals surface area contributed by atoms with Crippen LogP contribution < -0.4 is 10.1 Å². The molecule has 23 heavy (non-hydrogen) atoms. The minimum absolute atomic E-state index is 0.0983. The zero-order valence-electron chi connectivity index (χ0n) is 14.0. The van der Waals surface area contributed by atoms with Crippen LogP contribution in [0.5, 0.6) is 5.75 Å². The Bertz CT molecular complexity index is 602. The molecule has 124 valence electrons. The molecule has 0 spiro atoms. The van der Waals surface area contributed by atoms with E-state index in [0.29, 0.717) is 13.1 Å². The van der Waals surface area contributed by atoms with Crippen LogP contribution in [0.4, 0.5) is 0 Å². The molecule has 1 aromatic rings. The van der Waals surface area contributed by atoms with Crippen molar-refractivity contribution in [2.45, 2.75) is 32.7 Å². The lowest BCUT2D eigenvalue weighted by Crippen LogP contribution is -2.45. The van der Waals surface area contributed by atoms with Crippen molar-refractivity contribution < 1.29 is 14.3 Å². The topological polar surface area (TPSA) is 58.6 Å². The number of aryl methyl sites for hydroxylation is 1. The van der Waals surface area contributed by atoms with Gasteiger partial charge in [0.1, 0.15) is 5.75 Å². The van der Waals surface area contributed by atoms with Crippen molar-refractivity contribution >= 4 is 17.9 Å². The predicted octanol–water partition coefficient (Wildman–Crippen LogP) is 2.14. The first-order chi connectivity index (χ1) is 11.0. The van der Waals surface area contributed by atoms with Crippen molar-refractivity contribution in [2.24, 2.45) is 0 Å². The van der Waals surface area contributed by atoms with Crippen molar-refractivity contribution in [1.29, 1.82) is 0 Å². The highest BCUT2D eigenvalue weighted by Crippen LogP contribution is 2.21. The first-order valence-corrected chi connectivity index (χ1v) is 7.88. The van der Waals surface area contributed by atoms with Crippen LogP contribution in [0.1, 0.15) is 30.9 Å². The van der Waals surface area contributed by atoms with Crippen LogP contribution in [0.3, 0.4) is 0 Å². The quantitative estimate of drug-likeness (QED) is 0.866. The molecule has 0 bridgehead atoms. The molecule has 5 heteroatoms. The number of ether oxygens (including phenoxy) is 1. The van der Waals surface area contributed by atoms with Crippen molar-refractivity contribution in [3.63, 3.8) is 0 Å². The Balaban J connectivity index is 1.90. The van der Waals surface area contributed by atoms with Crippen LogP contribution in [0.2, 0.25) is 0 Å². The second-order valence-electron chi connectivity index (χ2n) is 5.87. The number of hydrogen-bond donors (Lipinski definition) is 1. The van der Waals surface area contributed by atoms with Crippen molar-refractivity contribution in [1.82, 2.24) is 10.2 Å². The highest BCUT2D eigenvalue weighted by atomic mass is 16.5. The Hall–Kier alpha value is -2.30. The first-order valence-electron chi connectivity index (χ1n) is 7.88. The van der Waals surface area contributed by atoms with Gasteiger partial charge in [-0.2, -0.15) is 0 Å². The van der Waals surface area contributed by atoms with Crippen molar-refractivity contribution in [3.8, 4) is 5.75 Å². The zero-order valence-corrected chi connectivity index (χ0v) is 14.0. The van der Waals surface area contributed by atoms with Gasteiger partial charge >= 0.3 is 0 Å². The number of piperidine rings is 1. The van der Waals surface area contributed by atoms with Crippen LogP contribution in [0, 0.1) is 6.92 Å². The van der Waals surface area contributed by atoms with Gasteiger partial charge in [0.2, 0.25) is 11.8 Å². The number of amides is 2. The van der Waals surface area contributed by atoms with E-state index >= 15 is 0 Å². The Morgan fingerprint density at radius 1 is 1.30 bits per heavy atom. The van der Waals surface area contributed by atoms with E-state index in [4.69, 9.17) is 4.74 Å². The van der Waals surface area contributed by atoms with Crippen LogP contribution in [0.25, 0.3) is 6.08 Å². The third-order valence-electron chi connectivity index (χ3n) is 4.09. The number of likely N-dealkylation sites (tertiary alicyclic amines) is 1.